The molecule has 0 heterocycles. The van der Waals surface area contributed by atoms with Crippen molar-refractivity contribution >= 4 is 73.3 Å². The maximum atomic E-state index is 14.1. The van der Waals surface area contributed by atoms with Crippen molar-refractivity contribution in [3.63, 3.8) is 0 Å². The Hall–Kier alpha value is -2.34. The van der Waals surface area contributed by atoms with Gasteiger partial charge in [-0.25, -0.2) is 8.42 Å². The number of carbonyl (C=O) groups is 2. The van der Waals surface area contributed by atoms with Crippen LogP contribution in [0.2, 0.25) is 10.0 Å². The number of benzene rings is 3. The lowest BCUT2D eigenvalue weighted by atomic mass is 10.1. The van der Waals surface area contributed by atoms with E-state index in [9.17, 15) is 18.0 Å². The van der Waals surface area contributed by atoms with E-state index in [-0.39, 0.29) is 23.4 Å². The molecule has 0 saturated heterocycles. The maximum Gasteiger partial charge on any atom is 0.264 e. The number of hydrogen-bond acceptors (Lipinski definition) is 4. The Morgan fingerprint density at radius 3 is 2.17 bits per heavy atom. The highest BCUT2D eigenvalue weighted by atomic mass is 127. The Morgan fingerprint density at radius 1 is 0.950 bits per heavy atom. The van der Waals surface area contributed by atoms with Crippen molar-refractivity contribution in [3.8, 4) is 0 Å². The Balaban J connectivity index is 2.07. The summed E-state index contributed by atoms with van der Waals surface area (Å²) in [6, 6.07) is 18.8. The Kier molecular flexibility index (Phi) is 11.7. The molecule has 3 aromatic rings. The van der Waals surface area contributed by atoms with Gasteiger partial charge in [0.15, 0.2) is 0 Å². The second kappa shape index (κ2) is 14.5. The zero-order valence-electron chi connectivity index (χ0n) is 22.5. The van der Waals surface area contributed by atoms with Crippen LogP contribution in [0.5, 0.6) is 0 Å². The third kappa shape index (κ3) is 8.11. The van der Waals surface area contributed by atoms with Crippen molar-refractivity contribution in [2.24, 2.45) is 0 Å². The van der Waals surface area contributed by atoms with Crippen LogP contribution in [0.3, 0.4) is 0 Å². The van der Waals surface area contributed by atoms with E-state index in [1.54, 1.807) is 60.7 Å². The molecule has 0 aromatic heterocycles. The number of anilines is 1. The molecule has 3 rings (SSSR count). The van der Waals surface area contributed by atoms with Gasteiger partial charge in [-0.15, -0.1) is 0 Å². The predicted octanol–water partition coefficient (Wildman–Crippen LogP) is 6.52. The first-order valence-electron chi connectivity index (χ1n) is 12.8. The normalized spacial score (nSPS) is 12.8. The van der Waals surface area contributed by atoms with Crippen molar-refractivity contribution in [1.29, 1.82) is 0 Å². The van der Waals surface area contributed by atoms with Crippen LogP contribution in [0.4, 0.5) is 5.69 Å². The van der Waals surface area contributed by atoms with Crippen LogP contribution in [0.1, 0.15) is 39.2 Å². The lowest BCUT2D eigenvalue weighted by molar-refractivity contribution is -0.140. The summed E-state index contributed by atoms with van der Waals surface area (Å²) in [5, 5.41) is 3.73. The topological polar surface area (TPSA) is 86.8 Å². The van der Waals surface area contributed by atoms with Gasteiger partial charge in [0.25, 0.3) is 10.0 Å². The standard InChI is InChI=1S/C29H32Cl2IN3O4S/c1-4-20(3)33-29(37)27(5-2)34(18-21-11-12-22(30)17-26(21)31)28(36)19-35(24-15-13-23(32)14-16-24)40(38,39)25-9-7-6-8-10-25/h6-17,20,27H,4-5,18-19H2,1-3H3,(H,33,37)/t20-,27-/m0/s1. The van der Waals surface area contributed by atoms with Gasteiger partial charge in [-0.2, -0.15) is 0 Å². The molecule has 214 valence electrons. The molecule has 2 amide bonds. The minimum absolute atomic E-state index is 0.00676. The molecular formula is C29H32Cl2IN3O4S. The van der Waals surface area contributed by atoms with Gasteiger partial charge in [0.05, 0.1) is 10.6 Å². The van der Waals surface area contributed by atoms with E-state index >= 15 is 0 Å². The van der Waals surface area contributed by atoms with Crippen LogP contribution in [-0.2, 0) is 26.2 Å². The van der Waals surface area contributed by atoms with E-state index < -0.39 is 28.5 Å². The molecule has 3 aromatic carbocycles. The van der Waals surface area contributed by atoms with E-state index in [1.807, 2.05) is 20.8 Å². The number of amides is 2. The molecule has 0 bridgehead atoms. The second-order valence-corrected chi connectivity index (χ2v) is 13.3. The van der Waals surface area contributed by atoms with Crippen LogP contribution in [0.25, 0.3) is 0 Å². The van der Waals surface area contributed by atoms with Gasteiger partial charge in [-0.05, 0) is 96.5 Å². The van der Waals surface area contributed by atoms with Gasteiger partial charge in [-0.3, -0.25) is 13.9 Å². The quantitative estimate of drug-likeness (QED) is 0.217. The van der Waals surface area contributed by atoms with Crippen molar-refractivity contribution in [2.45, 2.75) is 57.1 Å². The molecule has 1 N–H and O–H groups in total. The van der Waals surface area contributed by atoms with Crippen molar-refractivity contribution in [3.05, 3.63) is 92.0 Å². The van der Waals surface area contributed by atoms with E-state index in [1.165, 1.54) is 17.0 Å². The summed E-state index contributed by atoms with van der Waals surface area (Å²) in [6.07, 6.45) is 1.03. The molecule has 0 aliphatic rings. The summed E-state index contributed by atoms with van der Waals surface area (Å²) in [5.74, 6) is -0.864. The monoisotopic (exact) mass is 715 g/mol. The molecule has 7 nitrogen and oxygen atoms in total. The summed E-state index contributed by atoms with van der Waals surface area (Å²) in [4.78, 5) is 28.9. The van der Waals surface area contributed by atoms with Gasteiger partial charge in [0.2, 0.25) is 11.8 Å². The van der Waals surface area contributed by atoms with Gasteiger partial charge >= 0.3 is 0 Å². The van der Waals surface area contributed by atoms with Gasteiger partial charge in [-0.1, -0.05) is 61.3 Å². The summed E-state index contributed by atoms with van der Waals surface area (Å²) in [6.45, 7) is 5.12. The highest BCUT2D eigenvalue weighted by Gasteiger charge is 2.34. The van der Waals surface area contributed by atoms with Crippen LogP contribution in [0, 0.1) is 3.57 Å². The van der Waals surface area contributed by atoms with Crippen molar-refractivity contribution in [2.75, 3.05) is 10.8 Å². The summed E-state index contributed by atoms with van der Waals surface area (Å²) in [5.41, 5.74) is 0.917. The Morgan fingerprint density at radius 2 is 1.60 bits per heavy atom. The summed E-state index contributed by atoms with van der Waals surface area (Å²) >= 11 is 14.7. The Labute approximate surface area is 260 Å². The molecule has 11 heteroatoms. The largest absolute Gasteiger partial charge is 0.352 e. The fraction of sp³-hybridized carbons (Fsp3) is 0.310. The second-order valence-electron chi connectivity index (χ2n) is 9.30. The lowest BCUT2D eigenvalue weighted by Gasteiger charge is -2.34. The first-order valence-corrected chi connectivity index (χ1v) is 16.1. The molecule has 0 aliphatic carbocycles. The van der Waals surface area contributed by atoms with Crippen LogP contribution >= 0.6 is 45.8 Å². The minimum atomic E-state index is -4.12. The average molecular weight is 716 g/mol. The van der Waals surface area contributed by atoms with Crippen molar-refractivity contribution < 1.29 is 18.0 Å². The van der Waals surface area contributed by atoms with Gasteiger partial charge in [0, 0.05) is 26.2 Å². The van der Waals surface area contributed by atoms with Gasteiger partial charge in [0.1, 0.15) is 12.6 Å². The third-order valence-electron chi connectivity index (χ3n) is 6.47. The molecule has 0 spiro atoms. The van der Waals surface area contributed by atoms with E-state index in [2.05, 4.69) is 27.9 Å². The maximum absolute atomic E-state index is 14.1. The fourth-order valence-corrected chi connectivity index (χ4v) is 6.31. The molecule has 0 unspecified atom stereocenters. The number of nitrogens with zero attached hydrogens (tertiary/aromatic N) is 2. The number of hydrogen-bond donors (Lipinski definition) is 1. The van der Waals surface area contributed by atoms with Crippen LogP contribution < -0.4 is 9.62 Å². The molecule has 40 heavy (non-hydrogen) atoms. The Bertz CT molecular complexity index is 1420. The number of sulfonamides is 1. The molecule has 0 saturated carbocycles. The smallest absolute Gasteiger partial charge is 0.264 e. The molecule has 2 atom stereocenters. The van der Waals surface area contributed by atoms with E-state index in [4.69, 9.17) is 23.2 Å². The number of rotatable bonds is 12. The highest BCUT2D eigenvalue weighted by molar-refractivity contribution is 14.1. The van der Waals surface area contributed by atoms with Crippen LogP contribution in [0.15, 0.2) is 77.7 Å². The molecule has 0 aliphatic heterocycles. The summed E-state index contributed by atoms with van der Waals surface area (Å²) in [7, 11) is -4.12. The zero-order valence-corrected chi connectivity index (χ0v) is 27.0. The number of halogens is 3. The SMILES string of the molecule is CC[C@H](C)NC(=O)[C@H](CC)N(Cc1ccc(Cl)cc1Cl)C(=O)CN(c1ccc(I)cc1)S(=O)(=O)c1ccccc1. The highest BCUT2D eigenvalue weighted by Crippen LogP contribution is 2.27. The first-order chi connectivity index (χ1) is 19.0. The molecule has 0 fully saturated rings. The number of carbonyl (C=O) groups excluding carboxylic acids is 2. The first kappa shape index (κ1) is 32.2. The number of nitrogens with one attached hydrogen (secondary N) is 1. The summed E-state index contributed by atoms with van der Waals surface area (Å²) < 4.78 is 29.6. The van der Waals surface area contributed by atoms with Crippen LogP contribution in [-0.4, -0.2) is 43.8 Å². The fourth-order valence-electron chi connectivity index (χ4n) is 4.05. The van der Waals surface area contributed by atoms with E-state index in [0.717, 1.165) is 14.3 Å². The average Bonchev–Trinajstić information content (AvgIpc) is 2.93. The lowest BCUT2D eigenvalue weighted by Crippen LogP contribution is -2.53. The van der Waals surface area contributed by atoms with E-state index in [0.29, 0.717) is 27.7 Å². The predicted molar refractivity (Wildman–Crippen MR) is 169 cm³/mol. The molecular weight excluding hydrogens is 684 g/mol. The molecule has 0 radical (unpaired) electrons. The zero-order chi connectivity index (χ0) is 29.4. The third-order valence-corrected chi connectivity index (χ3v) is 9.56. The van der Waals surface area contributed by atoms with Crippen molar-refractivity contribution in [1.82, 2.24) is 10.2 Å². The van der Waals surface area contributed by atoms with Gasteiger partial charge < -0.3 is 10.2 Å². The minimum Gasteiger partial charge on any atom is -0.352 e.